The van der Waals surface area contributed by atoms with Crippen LogP contribution in [0.15, 0.2) is 29.7 Å². The zero-order valence-electron chi connectivity index (χ0n) is 13.3. The third-order valence-electron chi connectivity index (χ3n) is 4.35. The maximum atomic E-state index is 12.9. The van der Waals surface area contributed by atoms with Gasteiger partial charge in [-0.25, -0.2) is 0 Å². The average Bonchev–Trinajstić information content (AvgIpc) is 3.13. The van der Waals surface area contributed by atoms with E-state index in [4.69, 9.17) is 0 Å². The Hall–Kier alpha value is -1.59. The number of rotatable bonds is 4. The Morgan fingerprint density at radius 3 is 2.77 bits per heavy atom. The zero-order valence-corrected chi connectivity index (χ0v) is 14.1. The molecule has 1 saturated heterocycles. The monoisotopic (exact) mass is 317 g/mol. The number of aromatic nitrogens is 1. The Morgan fingerprint density at radius 1 is 1.32 bits per heavy atom. The Bertz CT molecular complexity index is 677. The molecule has 0 aliphatic carbocycles. The van der Waals surface area contributed by atoms with Crippen molar-refractivity contribution in [3.8, 4) is 0 Å². The first-order chi connectivity index (χ1) is 10.7. The topological polar surface area (TPSA) is 28.5 Å². The van der Waals surface area contributed by atoms with Crippen LogP contribution in [0, 0.1) is 0 Å². The molecule has 5 heteroatoms. The molecule has 0 spiro atoms. The molecule has 1 fully saturated rings. The van der Waals surface area contributed by atoms with Gasteiger partial charge in [-0.1, -0.05) is 19.1 Å². The summed E-state index contributed by atoms with van der Waals surface area (Å²) >= 11 is 1.70. The Labute approximate surface area is 135 Å². The van der Waals surface area contributed by atoms with Gasteiger partial charge < -0.3 is 14.4 Å². The molecule has 0 N–H and O–H groups in total. The van der Waals surface area contributed by atoms with Crippen LogP contribution in [0.5, 0.6) is 0 Å². The number of allylic oxidation sites excluding steroid dienone is 2. The highest BCUT2D eigenvalue weighted by atomic mass is 32.1. The van der Waals surface area contributed by atoms with Crippen LogP contribution in [0.2, 0.25) is 0 Å². The first-order valence-corrected chi connectivity index (χ1v) is 8.82. The van der Waals surface area contributed by atoms with Gasteiger partial charge in [0.15, 0.2) is 0 Å². The highest BCUT2D eigenvalue weighted by Crippen LogP contribution is 2.26. The van der Waals surface area contributed by atoms with E-state index >= 15 is 0 Å². The minimum absolute atomic E-state index is 0.170. The summed E-state index contributed by atoms with van der Waals surface area (Å²) in [5, 5.41) is 3.26. The first-order valence-electron chi connectivity index (χ1n) is 7.94. The summed E-state index contributed by atoms with van der Waals surface area (Å²) < 4.78 is 2.15. The predicted octanol–water partition coefficient (Wildman–Crippen LogP) is 3.06. The second-order valence-corrected chi connectivity index (χ2v) is 6.51. The van der Waals surface area contributed by atoms with Gasteiger partial charge in [0.1, 0.15) is 10.5 Å². The van der Waals surface area contributed by atoms with Gasteiger partial charge in [-0.2, -0.15) is 0 Å². The summed E-state index contributed by atoms with van der Waals surface area (Å²) in [7, 11) is 0. The molecule has 1 aliphatic heterocycles. The quantitative estimate of drug-likeness (QED) is 0.811. The number of amides is 1. The maximum absolute atomic E-state index is 12.9. The number of nitrogens with zero attached hydrogens (tertiary/aromatic N) is 3. The van der Waals surface area contributed by atoms with Crippen LogP contribution in [0.3, 0.4) is 0 Å². The molecule has 1 aliphatic rings. The number of hydrogen-bond acceptors (Lipinski definition) is 3. The van der Waals surface area contributed by atoms with Crippen molar-refractivity contribution in [3.05, 3.63) is 35.4 Å². The van der Waals surface area contributed by atoms with Crippen LogP contribution in [0.1, 0.15) is 24.3 Å². The van der Waals surface area contributed by atoms with Crippen molar-refractivity contribution >= 4 is 27.5 Å². The molecule has 0 unspecified atom stereocenters. The molecule has 3 heterocycles. The van der Waals surface area contributed by atoms with Crippen LogP contribution in [0.25, 0.3) is 10.2 Å². The summed E-state index contributed by atoms with van der Waals surface area (Å²) in [6.07, 6.45) is 4.14. The molecule has 1 amide bonds. The van der Waals surface area contributed by atoms with E-state index in [0.717, 1.165) is 45.0 Å². The summed E-state index contributed by atoms with van der Waals surface area (Å²) in [5.74, 6) is 0.170. The summed E-state index contributed by atoms with van der Waals surface area (Å²) in [5.41, 5.74) is 0.824. The maximum Gasteiger partial charge on any atom is 0.270 e. The van der Waals surface area contributed by atoms with E-state index in [1.54, 1.807) is 11.3 Å². The molecule has 118 valence electrons. The van der Waals surface area contributed by atoms with E-state index in [0.29, 0.717) is 0 Å². The van der Waals surface area contributed by atoms with E-state index in [1.807, 2.05) is 24.0 Å². The van der Waals surface area contributed by atoms with Crippen molar-refractivity contribution in [2.24, 2.45) is 0 Å². The molecule has 0 saturated carbocycles. The van der Waals surface area contributed by atoms with E-state index in [-0.39, 0.29) is 5.91 Å². The van der Waals surface area contributed by atoms with Gasteiger partial charge in [0.05, 0.1) is 0 Å². The molecule has 2 aromatic heterocycles. The lowest BCUT2D eigenvalue weighted by Crippen LogP contribution is -2.48. The molecule has 3 rings (SSSR count). The van der Waals surface area contributed by atoms with Crippen molar-refractivity contribution in [2.45, 2.75) is 20.4 Å². The normalized spacial score (nSPS) is 16.9. The number of carbonyl (C=O) groups is 1. The molecule has 2 aromatic rings. The molecular weight excluding hydrogens is 294 g/mol. The van der Waals surface area contributed by atoms with Crippen LogP contribution < -0.4 is 0 Å². The van der Waals surface area contributed by atoms with E-state index in [9.17, 15) is 4.79 Å². The fraction of sp³-hybridized carbons (Fsp3) is 0.471. The van der Waals surface area contributed by atoms with Gasteiger partial charge in [-0.15, -0.1) is 11.3 Å². The molecule has 4 nitrogen and oxygen atoms in total. The molecule has 22 heavy (non-hydrogen) atoms. The van der Waals surface area contributed by atoms with Gasteiger partial charge in [-0.3, -0.25) is 4.79 Å². The average molecular weight is 317 g/mol. The minimum atomic E-state index is 0.170. The Kier molecular flexibility index (Phi) is 4.64. The molecular formula is C17H23N3OS. The third-order valence-corrected chi connectivity index (χ3v) is 5.30. The molecule has 0 bridgehead atoms. The van der Waals surface area contributed by atoms with Crippen molar-refractivity contribution in [1.82, 2.24) is 14.4 Å². The third kappa shape index (κ3) is 2.83. The number of hydrogen-bond donors (Lipinski definition) is 0. The standard InChI is InChI=1S/C17H23N3OS/c1-3-5-7-20-15(13-14-6-12-22-17(14)20)16(21)19-10-8-18(4-2)9-11-19/h3,5-6,12-13H,4,7-11H2,1-2H3/b5-3-. The van der Waals surface area contributed by atoms with E-state index in [1.165, 1.54) is 10.2 Å². The van der Waals surface area contributed by atoms with Gasteiger partial charge in [0.2, 0.25) is 0 Å². The SMILES string of the molecule is C/C=C\Cn1c(C(=O)N2CCN(CC)CC2)cc2ccsc21. The zero-order chi connectivity index (χ0) is 15.5. The summed E-state index contributed by atoms with van der Waals surface area (Å²) in [4.78, 5) is 18.5. The fourth-order valence-electron chi connectivity index (χ4n) is 2.97. The molecule has 0 atom stereocenters. The van der Waals surface area contributed by atoms with Gasteiger partial charge in [-0.05, 0) is 31.0 Å². The number of likely N-dealkylation sites (N-methyl/N-ethyl adjacent to an activating group) is 1. The molecule has 0 radical (unpaired) electrons. The smallest absolute Gasteiger partial charge is 0.270 e. The van der Waals surface area contributed by atoms with Crippen molar-refractivity contribution < 1.29 is 4.79 Å². The lowest BCUT2D eigenvalue weighted by Gasteiger charge is -2.34. The lowest BCUT2D eigenvalue weighted by atomic mass is 10.2. The van der Waals surface area contributed by atoms with Gasteiger partial charge in [0, 0.05) is 38.1 Å². The van der Waals surface area contributed by atoms with Crippen molar-refractivity contribution in [2.75, 3.05) is 32.7 Å². The second-order valence-electron chi connectivity index (χ2n) is 5.62. The Morgan fingerprint density at radius 2 is 2.09 bits per heavy atom. The molecule has 0 aromatic carbocycles. The largest absolute Gasteiger partial charge is 0.335 e. The van der Waals surface area contributed by atoms with E-state index in [2.05, 4.69) is 33.9 Å². The number of carbonyl (C=O) groups excluding carboxylic acids is 1. The van der Waals surface area contributed by atoms with Crippen LogP contribution in [0.4, 0.5) is 0 Å². The van der Waals surface area contributed by atoms with Crippen LogP contribution >= 0.6 is 11.3 Å². The van der Waals surface area contributed by atoms with Crippen molar-refractivity contribution in [1.29, 1.82) is 0 Å². The fourth-order valence-corrected chi connectivity index (χ4v) is 3.88. The minimum Gasteiger partial charge on any atom is -0.335 e. The van der Waals surface area contributed by atoms with Crippen LogP contribution in [-0.4, -0.2) is 53.0 Å². The highest BCUT2D eigenvalue weighted by Gasteiger charge is 2.24. The van der Waals surface area contributed by atoms with Crippen molar-refractivity contribution in [3.63, 3.8) is 0 Å². The van der Waals surface area contributed by atoms with Crippen LogP contribution in [-0.2, 0) is 6.54 Å². The highest BCUT2D eigenvalue weighted by molar-refractivity contribution is 7.16. The van der Waals surface area contributed by atoms with Gasteiger partial charge >= 0.3 is 0 Å². The Balaban J connectivity index is 1.85. The second kappa shape index (κ2) is 6.67. The van der Waals surface area contributed by atoms with Gasteiger partial charge in [0.25, 0.3) is 5.91 Å². The summed E-state index contributed by atoms with van der Waals surface area (Å²) in [6.45, 7) is 9.63. The summed E-state index contributed by atoms with van der Waals surface area (Å²) in [6, 6.07) is 4.14. The predicted molar refractivity (Wildman–Crippen MR) is 92.6 cm³/mol. The number of fused-ring (bicyclic) bond motifs is 1. The lowest BCUT2D eigenvalue weighted by molar-refractivity contribution is 0.0634. The first kappa shape index (κ1) is 15.3. The van der Waals surface area contributed by atoms with E-state index < -0.39 is 0 Å². The number of thiophene rings is 1. The number of piperazine rings is 1.